The fourth-order valence-corrected chi connectivity index (χ4v) is 5.97. The van der Waals surface area contributed by atoms with Gasteiger partial charge in [-0.05, 0) is 79.5 Å². The van der Waals surface area contributed by atoms with Crippen molar-refractivity contribution in [3.05, 3.63) is 59.2 Å². The third kappa shape index (κ3) is 4.24. The molecule has 4 fully saturated rings. The Labute approximate surface area is 217 Å². The molecule has 2 N–H and O–H groups in total. The molecule has 0 aromatic heterocycles. The molecule has 5 aliphatic rings. The van der Waals surface area contributed by atoms with Crippen LogP contribution in [0.25, 0.3) is 0 Å². The van der Waals surface area contributed by atoms with Crippen molar-refractivity contribution < 1.29 is 23.8 Å². The van der Waals surface area contributed by atoms with Crippen molar-refractivity contribution in [1.82, 2.24) is 15.1 Å². The summed E-state index contributed by atoms with van der Waals surface area (Å²) in [7, 11) is 3.25. The van der Waals surface area contributed by atoms with E-state index in [4.69, 9.17) is 14.2 Å². The number of nitrogens with one attached hydrogen (secondary N) is 2. The monoisotopic (exact) mass is 506 g/mol. The Balaban J connectivity index is 1.17. The lowest BCUT2D eigenvalue weighted by atomic mass is 9.93. The van der Waals surface area contributed by atoms with Gasteiger partial charge >= 0.3 is 6.03 Å². The summed E-state index contributed by atoms with van der Waals surface area (Å²) >= 11 is 0. The van der Waals surface area contributed by atoms with Gasteiger partial charge in [-0.2, -0.15) is 0 Å². The van der Waals surface area contributed by atoms with Crippen LogP contribution in [-0.2, 0) is 32.8 Å². The van der Waals surface area contributed by atoms with Gasteiger partial charge in [0.1, 0.15) is 11.4 Å². The molecule has 9 heteroatoms. The van der Waals surface area contributed by atoms with E-state index in [1.54, 1.807) is 14.2 Å². The van der Waals surface area contributed by atoms with E-state index in [1.165, 1.54) is 12.8 Å². The van der Waals surface area contributed by atoms with Gasteiger partial charge in [-0.3, -0.25) is 4.79 Å². The number of carbonyl (C=O) groups excluding carboxylic acids is 2. The van der Waals surface area contributed by atoms with Gasteiger partial charge in [0.2, 0.25) is 12.3 Å². The fourth-order valence-electron chi connectivity index (χ4n) is 5.97. The van der Waals surface area contributed by atoms with Gasteiger partial charge in [-0.1, -0.05) is 18.2 Å². The molecule has 3 saturated heterocycles. The zero-order valence-corrected chi connectivity index (χ0v) is 21.5. The third-order valence-corrected chi connectivity index (χ3v) is 8.29. The zero-order chi connectivity index (χ0) is 25.7. The van der Waals surface area contributed by atoms with Crippen LogP contribution >= 0.6 is 0 Å². The molecule has 3 heterocycles. The Kier molecular flexibility index (Phi) is 6.09. The Bertz CT molecular complexity index is 1200. The van der Waals surface area contributed by atoms with Crippen molar-refractivity contribution in [3.63, 3.8) is 0 Å². The maximum absolute atomic E-state index is 13.7. The van der Waals surface area contributed by atoms with Crippen molar-refractivity contribution in [3.8, 4) is 5.75 Å². The van der Waals surface area contributed by atoms with Gasteiger partial charge in [0.25, 0.3) is 0 Å². The molecule has 1 saturated carbocycles. The minimum Gasteiger partial charge on any atom is -0.497 e. The van der Waals surface area contributed by atoms with Crippen molar-refractivity contribution in [2.75, 3.05) is 26.0 Å². The quantitative estimate of drug-likeness (QED) is 0.570. The molecular weight excluding hydrogens is 472 g/mol. The summed E-state index contributed by atoms with van der Waals surface area (Å²) in [6.45, 7) is 2.99. The summed E-state index contributed by atoms with van der Waals surface area (Å²) in [6.07, 6.45) is 3.15. The number of hydrogen-bond donors (Lipinski definition) is 2. The predicted molar refractivity (Wildman–Crippen MR) is 137 cm³/mol. The number of benzene rings is 2. The number of ether oxygens (including phenoxy) is 3. The van der Waals surface area contributed by atoms with Gasteiger partial charge in [0.15, 0.2) is 6.23 Å². The topological polar surface area (TPSA) is 92.4 Å². The number of carbonyl (C=O) groups is 2. The maximum atomic E-state index is 13.7. The highest BCUT2D eigenvalue weighted by Crippen LogP contribution is 2.56. The molecule has 196 valence electrons. The SMILES string of the molecule is CNC(=O)Nc1ccc2c(c1)CC[C@@]21OC2OC1N2CC(=O)N(Cc1ccc(OC)cc1)[C@@H](C)C1CC1. The van der Waals surface area contributed by atoms with E-state index in [1.807, 2.05) is 47.4 Å². The molecule has 37 heavy (non-hydrogen) atoms. The van der Waals surface area contributed by atoms with Crippen LogP contribution in [0.15, 0.2) is 42.5 Å². The fraction of sp³-hybridized carbons (Fsp3) is 0.500. The summed E-state index contributed by atoms with van der Waals surface area (Å²) in [4.78, 5) is 29.5. The molecule has 2 unspecified atom stereocenters. The van der Waals surface area contributed by atoms with Crippen LogP contribution in [0, 0.1) is 5.92 Å². The molecule has 1 spiro atoms. The minimum atomic E-state index is -0.575. The normalized spacial score (nSPS) is 26.4. The second kappa shape index (κ2) is 9.31. The first kappa shape index (κ1) is 24.2. The molecule has 7 rings (SSSR count). The minimum absolute atomic E-state index is 0.0949. The first-order chi connectivity index (χ1) is 17.9. The van der Waals surface area contributed by atoms with Crippen molar-refractivity contribution in [2.45, 2.75) is 63.4 Å². The number of anilines is 1. The van der Waals surface area contributed by atoms with Crippen LogP contribution in [0.3, 0.4) is 0 Å². The number of hydrogen-bond acceptors (Lipinski definition) is 6. The lowest BCUT2D eigenvalue weighted by molar-refractivity contribution is -0.285. The van der Waals surface area contributed by atoms with E-state index in [0.29, 0.717) is 12.5 Å². The Hall–Kier alpha value is -3.14. The number of nitrogens with zero attached hydrogens (tertiary/aromatic N) is 2. The van der Waals surface area contributed by atoms with Crippen molar-refractivity contribution >= 4 is 17.6 Å². The second-order valence-electron chi connectivity index (χ2n) is 10.5. The largest absolute Gasteiger partial charge is 0.497 e. The summed E-state index contributed by atoms with van der Waals surface area (Å²) in [6, 6.07) is 13.8. The predicted octanol–water partition coefficient (Wildman–Crippen LogP) is 3.39. The number of fused-ring (bicyclic) bond motifs is 1. The summed E-state index contributed by atoms with van der Waals surface area (Å²) in [5, 5.41) is 5.40. The molecule has 4 atom stereocenters. The number of methoxy groups -OCH3 is 1. The van der Waals surface area contributed by atoms with E-state index in [-0.39, 0.29) is 30.8 Å². The Morgan fingerprint density at radius 2 is 2.00 bits per heavy atom. The highest BCUT2D eigenvalue weighted by atomic mass is 16.8. The molecule has 2 aliphatic carbocycles. The Morgan fingerprint density at radius 1 is 1.22 bits per heavy atom. The summed E-state index contributed by atoms with van der Waals surface area (Å²) < 4.78 is 17.8. The maximum Gasteiger partial charge on any atom is 0.318 e. The zero-order valence-electron chi connectivity index (χ0n) is 21.5. The average molecular weight is 507 g/mol. The van der Waals surface area contributed by atoms with Crippen LogP contribution in [0.1, 0.15) is 42.9 Å². The smallest absolute Gasteiger partial charge is 0.318 e. The van der Waals surface area contributed by atoms with Crippen LogP contribution in [0.2, 0.25) is 0 Å². The van der Waals surface area contributed by atoms with Crippen molar-refractivity contribution in [2.24, 2.45) is 5.92 Å². The van der Waals surface area contributed by atoms with Gasteiger partial charge in [0, 0.05) is 25.3 Å². The van der Waals surface area contributed by atoms with E-state index in [2.05, 4.69) is 22.5 Å². The number of rotatable bonds is 8. The molecule has 2 aromatic carbocycles. The number of urea groups is 1. The molecule has 9 nitrogen and oxygen atoms in total. The highest BCUT2D eigenvalue weighted by molar-refractivity contribution is 5.89. The lowest BCUT2D eigenvalue weighted by Gasteiger charge is -2.41. The molecule has 3 amide bonds. The third-order valence-electron chi connectivity index (χ3n) is 8.29. The van der Waals surface area contributed by atoms with Gasteiger partial charge in [0.05, 0.1) is 13.7 Å². The van der Waals surface area contributed by atoms with Gasteiger partial charge in [-0.15, -0.1) is 0 Å². The Morgan fingerprint density at radius 3 is 2.70 bits per heavy atom. The number of aryl methyl sites for hydroxylation is 1. The average Bonchev–Trinajstić information content (AvgIpc) is 3.52. The first-order valence-electron chi connectivity index (χ1n) is 13.1. The highest BCUT2D eigenvalue weighted by Gasteiger charge is 2.66. The summed E-state index contributed by atoms with van der Waals surface area (Å²) in [5.41, 5.74) is 3.48. The first-order valence-corrected chi connectivity index (χ1v) is 13.1. The standard InChI is InChI=1S/C28H34N4O5/c1-17(19-6-7-19)31(15-18-4-9-22(35-3)10-5-18)24(33)16-32-25-28(37-27(32)36-25)13-12-20-14-21(8-11-23(20)28)30-26(34)29-2/h4-5,8-11,14,17,19,25,27H,6-7,12-13,15-16H2,1-3H3,(H2,29,30,34)/t17-,25?,27?,28+/m0/s1. The van der Waals surface area contributed by atoms with Crippen LogP contribution in [0.5, 0.6) is 5.75 Å². The van der Waals surface area contributed by atoms with Crippen LogP contribution in [-0.4, -0.2) is 61.1 Å². The molecule has 3 aliphatic heterocycles. The summed E-state index contributed by atoms with van der Waals surface area (Å²) in [5.74, 6) is 1.47. The molecule has 2 bridgehead atoms. The molecule has 2 aromatic rings. The van der Waals surface area contributed by atoms with E-state index in [9.17, 15) is 9.59 Å². The van der Waals surface area contributed by atoms with E-state index < -0.39 is 12.0 Å². The molecule has 0 radical (unpaired) electrons. The van der Waals surface area contributed by atoms with Crippen LogP contribution < -0.4 is 15.4 Å². The number of amides is 3. The van der Waals surface area contributed by atoms with Crippen molar-refractivity contribution in [1.29, 1.82) is 0 Å². The van der Waals surface area contributed by atoms with E-state index in [0.717, 1.165) is 41.0 Å². The lowest BCUT2D eigenvalue weighted by Crippen LogP contribution is -2.59. The van der Waals surface area contributed by atoms with Gasteiger partial charge in [-0.25, -0.2) is 9.69 Å². The second-order valence-corrected chi connectivity index (χ2v) is 10.5. The van der Waals surface area contributed by atoms with Gasteiger partial charge < -0.3 is 29.7 Å². The van der Waals surface area contributed by atoms with Crippen LogP contribution in [0.4, 0.5) is 10.5 Å². The van der Waals surface area contributed by atoms with E-state index >= 15 is 0 Å². The molecular formula is C28H34N4O5.